The monoisotopic (exact) mass is 345 g/mol. The number of hydrazine groups is 1. The molecule has 6 heteroatoms. The fraction of sp³-hybridized carbons (Fsp3) is 0.333. The molecule has 1 aromatic carbocycles. The van der Waals surface area contributed by atoms with Gasteiger partial charge in [-0.15, -0.1) is 11.3 Å². The molecule has 1 heterocycles. The summed E-state index contributed by atoms with van der Waals surface area (Å²) >= 11 is 1.65. The standard InChI is InChI=1S/C18H23N3O2S/c1-3-5-14-7-9-15(10-8-14)18(16-6-4-11-24-16)19-12-17(23)21-20-13(2)22/h4,6-11,18-19H,3,5,12H2,1-2H3,(H,20,22)(H,21,23)/t18-/m1/s1. The molecular formula is C18H23N3O2S. The van der Waals surface area contributed by atoms with E-state index in [1.54, 1.807) is 11.3 Å². The van der Waals surface area contributed by atoms with Crippen molar-refractivity contribution in [2.45, 2.75) is 32.7 Å². The van der Waals surface area contributed by atoms with Crippen LogP contribution in [0.15, 0.2) is 41.8 Å². The Labute approximate surface area is 146 Å². The lowest BCUT2D eigenvalue weighted by Gasteiger charge is -2.18. The van der Waals surface area contributed by atoms with Gasteiger partial charge in [0.05, 0.1) is 12.6 Å². The second-order valence-corrected chi connectivity index (χ2v) is 6.53. The Morgan fingerprint density at radius 1 is 1.12 bits per heavy atom. The zero-order chi connectivity index (χ0) is 17.4. The first-order valence-corrected chi connectivity index (χ1v) is 8.89. The number of carbonyl (C=O) groups excluding carboxylic acids is 2. The third kappa shape index (κ3) is 5.47. The minimum atomic E-state index is -0.301. The number of nitrogens with one attached hydrogen (secondary N) is 3. The van der Waals surface area contributed by atoms with Crippen molar-refractivity contribution in [3.8, 4) is 0 Å². The van der Waals surface area contributed by atoms with Crippen LogP contribution in [0.5, 0.6) is 0 Å². The van der Waals surface area contributed by atoms with E-state index in [4.69, 9.17) is 0 Å². The van der Waals surface area contributed by atoms with Crippen LogP contribution in [0.2, 0.25) is 0 Å². The van der Waals surface area contributed by atoms with E-state index in [9.17, 15) is 9.59 Å². The molecule has 2 amide bonds. The van der Waals surface area contributed by atoms with Gasteiger partial charge in [-0.3, -0.25) is 25.8 Å². The van der Waals surface area contributed by atoms with Gasteiger partial charge in [0.1, 0.15) is 0 Å². The molecule has 0 aliphatic heterocycles. The molecule has 0 unspecified atom stereocenters. The van der Waals surface area contributed by atoms with Crippen molar-refractivity contribution in [2.24, 2.45) is 0 Å². The zero-order valence-electron chi connectivity index (χ0n) is 14.0. The summed E-state index contributed by atoms with van der Waals surface area (Å²) in [6.07, 6.45) is 2.19. The molecule has 1 aromatic heterocycles. The molecular weight excluding hydrogens is 322 g/mol. The number of rotatable bonds is 7. The Morgan fingerprint density at radius 3 is 2.46 bits per heavy atom. The summed E-state index contributed by atoms with van der Waals surface area (Å²) in [6.45, 7) is 3.62. The van der Waals surface area contributed by atoms with Crippen LogP contribution >= 0.6 is 11.3 Å². The summed E-state index contributed by atoms with van der Waals surface area (Å²) in [6, 6.07) is 12.5. The number of carbonyl (C=O) groups is 2. The molecule has 0 bridgehead atoms. The number of benzene rings is 1. The average Bonchev–Trinajstić information content (AvgIpc) is 3.09. The first-order chi connectivity index (χ1) is 11.6. The number of hydrogen-bond donors (Lipinski definition) is 3. The van der Waals surface area contributed by atoms with E-state index < -0.39 is 0 Å². The van der Waals surface area contributed by atoms with Gasteiger partial charge < -0.3 is 0 Å². The van der Waals surface area contributed by atoms with Gasteiger partial charge in [-0.2, -0.15) is 0 Å². The Morgan fingerprint density at radius 2 is 1.88 bits per heavy atom. The van der Waals surface area contributed by atoms with E-state index in [2.05, 4.69) is 47.4 Å². The molecule has 1 atom stereocenters. The first-order valence-electron chi connectivity index (χ1n) is 8.01. The van der Waals surface area contributed by atoms with Crippen LogP contribution < -0.4 is 16.2 Å². The Balaban J connectivity index is 2.05. The minimum Gasteiger partial charge on any atom is -0.297 e. The molecule has 0 aliphatic carbocycles. The highest BCUT2D eigenvalue weighted by atomic mass is 32.1. The molecule has 0 fully saturated rings. The number of aryl methyl sites for hydroxylation is 1. The summed E-state index contributed by atoms with van der Waals surface area (Å²) in [7, 11) is 0. The fourth-order valence-electron chi connectivity index (χ4n) is 2.40. The second kappa shape index (κ2) is 9.20. The lowest BCUT2D eigenvalue weighted by molar-refractivity contribution is -0.127. The Kier molecular flexibility index (Phi) is 6.96. The maximum atomic E-state index is 11.8. The predicted octanol–water partition coefficient (Wildman–Crippen LogP) is 2.55. The lowest BCUT2D eigenvalue weighted by atomic mass is 10.0. The molecule has 0 aliphatic rings. The van der Waals surface area contributed by atoms with E-state index >= 15 is 0 Å². The van der Waals surface area contributed by atoms with Crippen LogP contribution in [0.3, 0.4) is 0 Å². The number of thiophene rings is 1. The maximum absolute atomic E-state index is 11.8. The molecule has 5 nitrogen and oxygen atoms in total. The largest absolute Gasteiger partial charge is 0.297 e. The van der Waals surface area contributed by atoms with E-state index in [1.807, 2.05) is 17.5 Å². The maximum Gasteiger partial charge on any atom is 0.252 e. The highest BCUT2D eigenvalue weighted by Crippen LogP contribution is 2.26. The van der Waals surface area contributed by atoms with E-state index in [1.165, 1.54) is 12.5 Å². The number of hydrogen-bond acceptors (Lipinski definition) is 4. The third-order valence-electron chi connectivity index (χ3n) is 3.52. The van der Waals surface area contributed by atoms with Gasteiger partial charge in [0.15, 0.2) is 0 Å². The summed E-state index contributed by atoms with van der Waals surface area (Å²) in [5.41, 5.74) is 7.08. The minimum absolute atomic E-state index is 0.0521. The van der Waals surface area contributed by atoms with Crippen LogP contribution in [0.1, 0.15) is 42.3 Å². The summed E-state index contributed by atoms with van der Waals surface area (Å²) in [5.74, 6) is -0.584. The average molecular weight is 345 g/mol. The van der Waals surface area contributed by atoms with E-state index in [0.29, 0.717) is 0 Å². The van der Waals surface area contributed by atoms with Gasteiger partial charge in [-0.1, -0.05) is 43.7 Å². The molecule has 3 N–H and O–H groups in total. The molecule has 2 aromatic rings. The van der Waals surface area contributed by atoms with Crippen LogP contribution in [0.25, 0.3) is 0 Å². The first kappa shape index (κ1) is 18.2. The molecule has 24 heavy (non-hydrogen) atoms. The lowest BCUT2D eigenvalue weighted by Crippen LogP contribution is -2.45. The zero-order valence-corrected chi connectivity index (χ0v) is 14.8. The van der Waals surface area contributed by atoms with Gasteiger partial charge in [-0.25, -0.2) is 0 Å². The smallest absolute Gasteiger partial charge is 0.252 e. The van der Waals surface area contributed by atoms with Crippen molar-refractivity contribution in [1.29, 1.82) is 0 Å². The Hall–Kier alpha value is -2.18. The summed E-state index contributed by atoms with van der Waals surface area (Å²) in [5, 5.41) is 5.28. The van der Waals surface area contributed by atoms with Crippen molar-refractivity contribution in [1.82, 2.24) is 16.2 Å². The van der Waals surface area contributed by atoms with Gasteiger partial charge in [-0.05, 0) is 29.0 Å². The highest BCUT2D eigenvalue weighted by molar-refractivity contribution is 7.10. The summed E-state index contributed by atoms with van der Waals surface area (Å²) < 4.78 is 0. The number of amides is 2. The molecule has 0 saturated carbocycles. The van der Waals surface area contributed by atoms with Crippen LogP contribution in [0, 0.1) is 0 Å². The van der Waals surface area contributed by atoms with Crippen molar-refractivity contribution >= 4 is 23.2 Å². The molecule has 2 rings (SSSR count). The van der Waals surface area contributed by atoms with Crippen molar-refractivity contribution in [2.75, 3.05) is 6.54 Å². The van der Waals surface area contributed by atoms with Crippen molar-refractivity contribution in [3.63, 3.8) is 0 Å². The third-order valence-corrected chi connectivity index (χ3v) is 4.46. The van der Waals surface area contributed by atoms with Crippen LogP contribution in [0.4, 0.5) is 0 Å². The van der Waals surface area contributed by atoms with E-state index in [-0.39, 0.29) is 24.4 Å². The highest BCUT2D eigenvalue weighted by Gasteiger charge is 2.16. The van der Waals surface area contributed by atoms with E-state index in [0.717, 1.165) is 23.3 Å². The quantitative estimate of drug-likeness (QED) is 0.676. The normalized spacial score (nSPS) is 11.8. The Bertz CT molecular complexity index is 653. The van der Waals surface area contributed by atoms with Crippen LogP contribution in [-0.2, 0) is 16.0 Å². The predicted molar refractivity (Wildman–Crippen MR) is 96.6 cm³/mol. The molecule has 0 saturated heterocycles. The van der Waals surface area contributed by atoms with Gasteiger partial charge in [0.2, 0.25) is 5.91 Å². The molecule has 0 radical (unpaired) electrons. The topological polar surface area (TPSA) is 70.2 Å². The summed E-state index contributed by atoms with van der Waals surface area (Å²) in [4.78, 5) is 23.8. The van der Waals surface area contributed by atoms with Crippen molar-refractivity contribution < 1.29 is 9.59 Å². The van der Waals surface area contributed by atoms with Gasteiger partial charge >= 0.3 is 0 Å². The van der Waals surface area contributed by atoms with Crippen molar-refractivity contribution in [3.05, 3.63) is 57.8 Å². The second-order valence-electron chi connectivity index (χ2n) is 5.55. The SMILES string of the molecule is CCCc1ccc([C@@H](NCC(=O)NNC(C)=O)c2cccs2)cc1. The fourth-order valence-corrected chi connectivity index (χ4v) is 3.23. The molecule has 128 valence electrons. The van der Waals surface area contributed by atoms with Crippen LogP contribution in [-0.4, -0.2) is 18.4 Å². The van der Waals surface area contributed by atoms with Gasteiger partial charge in [0, 0.05) is 11.8 Å². The molecule has 0 spiro atoms. The van der Waals surface area contributed by atoms with Gasteiger partial charge in [0.25, 0.3) is 5.91 Å².